The van der Waals surface area contributed by atoms with E-state index in [1.54, 1.807) is 6.92 Å². The predicted molar refractivity (Wildman–Crippen MR) is 102 cm³/mol. The fraction of sp³-hybridized carbons (Fsp3) is 0.409. The normalized spacial score (nSPS) is 30.2. The molecule has 1 amide bonds. The van der Waals surface area contributed by atoms with E-state index in [9.17, 15) is 4.79 Å². The molecule has 0 radical (unpaired) electrons. The third-order valence-electron chi connectivity index (χ3n) is 6.34. The summed E-state index contributed by atoms with van der Waals surface area (Å²) < 4.78 is 0. The highest BCUT2D eigenvalue weighted by atomic mass is 16.2. The van der Waals surface area contributed by atoms with Gasteiger partial charge in [-0.25, -0.2) is 10.4 Å². The molecule has 2 heterocycles. The van der Waals surface area contributed by atoms with Gasteiger partial charge in [-0.2, -0.15) is 0 Å². The Morgan fingerprint density at radius 2 is 2.12 bits per heavy atom. The number of allylic oxidation sites excluding steroid dienone is 2. The fourth-order valence-electron chi connectivity index (χ4n) is 5.29. The number of carbonyl (C=O) groups is 1. The number of amides is 1. The monoisotopic (exact) mass is 347 g/mol. The molecule has 1 N–H and O–H groups in total. The Hall–Kier alpha value is -2.17. The van der Waals surface area contributed by atoms with E-state index in [2.05, 4.69) is 64.9 Å². The predicted octanol–water partition coefficient (Wildman–Crippen LogP) is 2.56. The van der Waals surface area contributed by atoms with Gasteiger partial charge in [0.1, 0.15) is 0 Å². The van der Waals surface area contributed by atoms with Crippen molar-refractivity contribution in [3.8, 4) is 0 Å². The van der Waals surface area contributed by atoms with Gasteiger partial charge in [-0.3, -0.25) is 4.79 Å². The smallest absolute Gasteiger partial charge is 0.220 e. The van der Waals surface area contributed by atoms with Crippen molar-refractivity contribution in [3.63, 3.8) is 0 Å². The second-order valence-corrected chi connectivity index (χ2v) is 7.88. The molecule has 4 nitrogen and oxygen atoms in total. The van der Waals surface area contributed by atoms with E-state index in [4.69, 9.17) is 0 Å². The van der Waals surface area contributed by atoms with Crippen LogP contribution in [-0.2, 0) is 11.2 Å². The zero-order valence-corrected chi connectivity index (χ0v) is 15.4. The van der Waals surface area contributed by atoms with Gasteiger partial charge in [0.15, 0.2) is 0 Å². The summed E-state index contributed by atoms with van der Waals surface area (Å²) in [6.45, 7) is 3.47. The second-order valence-electron chi connectivity index (χ2n) is 7.88. The first-order chi connectivity index (χ1) is 12.6. The third kappa shape index (κ3) is 2.32. The van der Waals surface area contributed by atoms with E-state index >= 15 is 0 Å². The zero-order valence-electron chi connectivity index (χ0n) is 15.4. The first-order valence-corrected chi connectivity index (χ1v) is 9.57. The summed E-state index contributed by atoms with van der Waals surface area (Å²) in [6.07, 6.45) is 8.53. The summed E-state index contributed by atoms with van der Waals surface area (Å²) in [5.41, 5.74) is 10.9. The molecule has 4 aliphatic rings. The van der Waals surface area contributed by atoms with Crippen molar-refractivity contribution >= 4 is 5.91 Å². The van der Waals surface area contributed by atoms with Gasteiger partial charge in [-0.1, -0.05) is 42.5 Å². The van der Waals surface area contributed by atoms with Gasteiger partial charge in [0.2, 0.25) is 5.91 Å². The molecule has 0 spiro atoms. The van der Waals surface area contributed by atoms with Crippen LogP contribution in [0.4, 0.5) is 0 Å². The molecule has 2 aliphatic heterocycles. The number of nitrogens with zero attached hydrogens (tertiary/aromatic N) is 2. The first kappa shape index (κ1) is 16.0. The maximum Gasteiger partial charge on any atom is 0.220 e. The molecule has 0 aromatic heterocycles. The number of nitrogens with one attached hydrogen (secondary N) is 1. The number of rotatable bonds is 0. The molecule has 4 heteroatoms. The van der Waals surface area contributed by atoms with Gasteiger partial charge in [-0.15, -0.1) is 0 Å². The van der Waals surface area contributed by atoms with Crippen molar-refractivity contribution in [1.29, 1.82) is 0 Å². The van der Waals surface area contributed by atoms with Crippen molar-refractivity contribution in [2.45, 2.75) is 37.8 Å². The van der Waals surface area contributed by atoms with Gasteiger partial charge in [0, 0.05) is 39.0 Å². The molecule has 3 atom stereocenters. The van der Waals surface area contributed by atoms with Crippen LogP contribution in [0.1, 0.15) is 30.4 Å². The molecular formula is C22H25N3O. The number of benzene rings is 1. The average molecular weight is 347 g/mol. The van der Waals surface area contributed by atoms with Crippen LogP contribution in [0.15, 0.2) is 59.2 Å². The highest BCUT2D eigenvalue weighted by molar-refractivity contribution is 5.76. The Morgan fingerprint density at radius 1 is 1.27 bits per heavy atom. The standard InChI is InChI=1S/C22H25N3O/c1-14(26)25-11-10-19-22-18(13-24(2)23-19)17-8-4-3-6-15(17)12-16-7-5-9-20(25)21(16)22/h3-9,18-20,23H,10-13H2,1-2H3. The first-order valence-electron chi connectivity index (χ1n) is 9.57. The Labute approximate surface area is 154 Å². The maximum absolute atomic E-state index is 12.4. The molecule has 0 saturated carbocycles. The van der Waals surface area contributed by atoms with Crippen LogP contribution >= 0.6 is 0 Å². The van der Waals surface area contributed by atoms with Crippen LogP contribution in [-0.4, -0.2) is 48.0 Å². The van der Waals surface area contributed by atoms with E-state index in [0.29, 0.717) is 12.0 Å². The van der Waals surface area contributed by atoms with Gasteiger partial charge in [-0.05, 0) is 40.7 Å². The Morgan fingerprint density at radius 3 is 2.96 bits per heavy atom. The van der Waals surface area contributed by atoms with Gasteiger partial charge < -0.3 is 4.90 Å². The summed E-state index contributed by atoms with van der Waals surface area (Å²) in [5.74, 6) is 0.559. The number of likely N-dealkylation sites (N-methyl/N-ethyl adjacent to an activating group) is 1. The van der Waals surface area contributed by atoms with Crippen molar-refractivity contribution < 1.29 is 4.79 Å². The van der Waals surface area contributed by atoms with Gasteiger partial charge >= 0.3 is 0 Å². The van der Waals surface area contributed by atoms with Crippen LogP contribution in [0.5, 0.6) is 0 Å². The van der Waals surface area contributed by atoms with E-state index in [-0.39, 0.29) is 11.9 Å². The summed E-state index contributed by atoms with van der Waals surface area (Å²) in [5, 5.41) is 2.24. The second kappa shape index (κ2) is 5.93. The highest BCUT2D eigenvalue weighted by Gasteiger charge is 2.42. The van der Waals surface area contributed by atoms with Crippen LogP contribution in [0.25, 0.3) is 0 Å². The van der Waals surface area contributed by atoms with E-state index in [0.717, 1.165) is 25.9 Å². The third-order valence-corrected chi connectivity index (χ3v) is 6.34. The Kier molecular flexibility index (Phi) is 3.66. The van der Waals surface area contributed by atoms with Crippen molar-refractivity contribution in [3.05, 3.63) is 70.3 Å². The fourth-order valence-corrected chi connectivity index (χ4v) is 5.29. The van der Waals surface area contributed by atoms with Crippen LogP contribution < -0.4 is 5.43 Å². The molecule has 0 bridgehead atoms. The van der Waals surface area contributed by atoms with Gasteiger partial charge in [0.05, 0.1) is 6.04 Å². The molecule has 1 saturated heterocycles. The lowest BCUT2D eigenvalue weighted by Crippen LogP contribution is -2.52. The van der Waals surface area contributed by atoms with E-state index < -0.39 is 0 Å². The number of hydrogen-bond acceptors (Lipinski definition) is 3. The minimum absolute atomic E-state index is 0.0783. The highest BCUT2D eigenvalue weighted by Crippen LogP contribution is 2.45. The van der Waals surface area contributed by atoms with Crippen molar-refractivity contribution in [2.75, 3.05) is 20.1 Å². The Bertz CT molecular complexity index is 866. The lowest BCUT2D eigenvalue weighted by molar-refractivity contribution is -0.129. The lowest BCUT2D eigenvalue weighted by Gasteiger charge is -2.40. The summed E-state index contributed by atoms with van der Waals surface area (Å²) in [4.78, 5) is 14.5. The number of hydrazine groups is 1. The molecule has 3 unspecified atom stereocenters. The molecule has 1 fully saturated rings. The SMILES string of the molecule is CC(=O)N1CCC2NN(C)CC3C2=C2C(=CC=CC21)Cc1ccccc13. The topological polar surface area (TPSA) is 35.6 Å². The minimum atomic E-state index is 0.0783. The lowest BCUT2D eigenvalue weighted by atomic mass is 9.79. The van der Waals surface area contributed by atoms with Crippen molar-refractivity contribution in [1.82, 2.24) is 15.3 Å². The van der Waals surface area contributed by atoms with Crippen LogP contribution in [0, 0.1) is 0 Å². The number of fused-ring (bicyclic) bond motifs is 2. The van der Waals surface area contributed by atoms with Gasteiger partial charge in [0.25, 0.3) is 0 Å². The van der Waals surface area contributed by atoms with Crippen LogP contribution in [0.3, 0.4) is 0 Å². The molecule has 26 heavy (non-hydrogen) atoms. The van der Waals surface area contributed by atoms with E-state index in [1.165, 1.54) is 27.8 Å². The molecule has 5 rings (SSSR count). The summed E-state index contributed by atoms with van der Waals surface area (Å²) in [6, 6.07) is 9.26. The molecule has 134 valence electrons. The maximum atomic E-state index is 12.4. The average Bonchev–Trinajstić information content (AvgIpc) is 2.87. The minimum Gasteiger partial charge on any atom is -0.332 e. The summed E-state index contributed by atoms with van der Waals surface area (Å²) in [7, 11) is 2.14. The molecular weight excluding hydrogens is 322 g/mol. The van der Waals surface area contributed by atoms with E-state index in [1.807, 2.05) is 0 Å². The molecule has 1 aromatic carbocycles. The Balaban J connectivity index is 1.76. The summed E-state index contributed by atoms with van der Waals surface area (Å²) >= 11 is 0. The van der Waals surface area contributed by atoms with Crippen LogP contribution in [0.2, 0.25) is 0 Å². The zero-order chi connectivity index (χ0) is 17.8. The quantitative estimate of drug-likeness (QED) is 0.783. The largest absolute Gasteiger partial charge is 0.332 e. The number of carbonyl (C=O) groups excluding carboxylic acids is 1. The molecule has 2 aliphatic carbocycles. The van der Waals surface area contributed by atoms with Crippen molar-refractivity contribution in [2.24, 2.45) is 0 Å². The molecule has 1 aromatic rings. The number of hydrogen-bond donors (Lipinski definition) is 1.